The fourth-order valence-electron chi connectivity index (χ4n) is 2.21. The molecule has 0 radical (unpaired) electrons. The lowest BCUT2D eigenvalue weighted by molar-refractivity contribution is 0.0979. The molecule has 100 valence electrons. The first kappa shape index (κ1) is 14.0. The standard InChI is InChI=1S/C18H17NO/c1-3-14-7-9-15(10-8-14)18(20)17(12-19)16-6-4-5-13(2)11-16/h4-11,17H,3H2,1-2H3. The molecule has 0 fully saturated rings. The maximum absolute atomic E-state index is 12.5. The van der Waals surface area contributed by atoms with Crippen LogP contribution in [0.2, 0.25) is 0 Å². The van der Waals surface area contributed by atoms with Gasteiger partial charge in [0.1, 0.15) is 5.92 Å². The van der Waals surface area contributed by atoms with Crippen LogP contribution in [0.4, 0.5) is 0 Å². The average molecular weight is 263 g/mol. The van der Waals surface area contributed by atoms with Gasteiger partial charge in [-0.3, -0.25) is 4.79 Å². The molecule has 0 aromatic heterocycles. The second-order valence-electron chi connectivity index (χ2n) is 4.89. The summed E-state index contributed by atoms with van der Waals surface area (Å²) in [5.74, 6) is -0.872. The van der Waals surface area contributed by atoms with Gasteiger partial charge in [0.25, 0.3) is 0 Å². The van der Waals surface area contributed by atoms with Crippen LogP contribution in [0, 0.1) is 18.3 Å². The molecule has 0 saturated carbocycles. The number of nitrogens with zero attached hydrogens (tertiary/aromatic N) is 1. The molecule has 0 aliphatic heterocycles. The monoisotopic (exact) mass is 263 g/mol. The minimum atomic E-state index is -0.734. The topological polar surface area (TPSA) is 40.9 Å². The van der Waals surface area contributed by atoms with Gasteiger partial charge in [-0.25, -0.2) is 0 Å². The molecule has 2 nitrogen and oxygen atoms in total. The molecular weight excluding hydrogens is 246 g/mol. The number of carbonyl (C=O) groups excluding carboxylic acids is 1. The SMILES string of the molecule is CCc1ccc(C(=O)C(C#N)c2cccc(C)c2)cc1. The van der Waals surface area contributed by atoms with E-state index in [0.717, 1.165) is 17.5 Å². The van der Waals surface area contributed by atoms with Crippen molar-refractivity contribution in [2.75, 3.05) is 0 Å². The number of rotatable bonds is 4. The third kappa shape index (κ3) is 2.95. The zero-order valence-corrected chi connectivity index (χ0v) is 11.8. The molecule has 1 atom stereocenters. The van der Waals surface area contributed by atoms with E-state index >= 15 is 0 Å². The Kier molecular flexibility index (Phi) is 4.32. The number of carbonyl (C=O) groups is 1. The Morgan fingerprint density at radius 1 is 1.20 bits per heavy atom. The lowest BCUT2D eigenvalue weighted by atomic mass is 9.90. The summed E-state index contributed by atoms with van der Waals surface area (Å²) in [5.41, 5.74) is 3.59. The van der Waals surface area contributed by atoms with E-state index in [-0.39, 0.29) is 5.78 Å². The summed E-state index contributed by atoms with van der Waals surface area (Å²) in [6.07, 6.45) is 0.939. The fourth-order valence-corrected chi connectivity index (χ4v) is 2.21. The van der Waals surface area contributed by atoms with Gasteiger partial charge in [-0.15, -0.1) is 0 Å². The summed E-state index contributed by atoms with van der Waals surface area (Å²) in [4.78, 5) is 12.5. The molecule has 0 saturated heterocycles. The van der Waals surface area contributed by atoms with Crippen molar-refractivity contribution in [3.8, 4) is 6.07 Å². The molecule has 2 aromatic carbocycles. The Morgan fingerprint density at radius 3 is 2.45 bits per heavy atom. The van der Waals surface area contributed by atoms with Gasteiger partial charge in [-0.05, 0) is 24.5 Å². The van der Waals surface area contributed by atoms with Crippen molar-refractivity contribution in [1.82, 2.24) is 0 Å². The smallest absolute Gasteiger partial charge is 0.184 e. The van der Waals surface area contributed by atoms with E-state index in [1.54, 1.807) is 12.1 Å². The molecule has 1 unspecified atom stereocenters. The van der Waals surface area contributed by atoms with Gasteiger partial charge in [0, 0.05) is 5.56 Å². The van der Waals surface area contributed by atoms with Crippen molar-refractivity contribution in [3.63, 3.8) is 0 Å². The molecule has 0 N–H and O–H groups in total. The van der Waals surface area contributed by atoms with Crippen LogP contribution in [0.1, 0.15) is 39.9 Å². The number of ketones is 1. The molecule has 2 heteroatoms. The van der Waals surface area contributed by atoms with Gasteiger partial charge in [-0.2, -0.15) is 5.26 Å². The van der Waals surface area contributed by atoms with E-state index in [0.29, 0.717) is 5.56 Å². The zero-order valence-electron chi connectivity index (χ0n) is 11.8. The van der Waals surface area contributed by atoms with Crippen LogP contribution in [-0.4, -0.2) is 5.78 Å². The van der Waals surface area contributed by atoms with Gasteiger partial charge in [0.15, 0.2) is 5.78 Å². The minimum Gasteiger partial charge on any atom is -0.292 e. The van der Waals surface area contributed by atoms with E-state index in [1.807, 2.05) is 43.3 Å². The van der Waals surface area contributed by atoms with Crippen LogP contribution in [0.15, 0.2) is 48.5 Å². The molecule has 0 bridgehead atoms. The second-order valence-corrected chi connectivity index (χ2v) is 4.89. The first-order valence-electron chi connectivity index (χ1n) is 6.75. The highest BCUT2D eigenvalue weighted by molar-refractivity contribution is 6.02. The third-order valence-electron chi connectivity index (χ3n) is 3.41. The summed E-state index contributed by atoms with van der Waals surface area (Å²) in [6.45, 7) is 4.03. The maximum atomic E-state index is 12.5. The predicted octanol–water partition coefficient (Wildman–Crippen LogP) is 4.05. The van der Waals surface area contributed by atoms with Gasteiger partial charge in [0.2, 0.25) is 0 Å². The van der Waals surface area contributed by atoms with Crippen LogP contribution in [0.25, 0.3) is 0 Å². The van der Waals surface area contributed by atoms with Crippen LogP contribution in [0.5, 0.6) is 0 Å². The summed E-state index contributed by atoms with van der Waals surface area (Å²) in [7, 11) is 0. The average Bonchev–Trinajstić information content (AvgIpc) is 2.48. The summed E-state index contributed by atoms with van der Waals surface area (Å²) in [5, 5.41) is 9.33. The number of hydrogen-bond donors (Lipinski definition) is 0. The Hall–Kier alpha value is -2.40. The van der Waals surface area contributed by atoms with Gasteiger partial charge in [-0.1, -0.05) is 61.0 Å². The highest BCUT2D eigenvalue weighted by atomic mass is 16.1. The normalized spacial score (nSPS) is 11.7. The number of benzene rings is 2. The molecule has 0 amide bonds. The molecule has 20 heavy (non-hydrogen) atoms. The lowest BCUT2D eigenvalue weighted by Crippen LogP contribution is -2.11. The molecule has 2 rings (SSSR count). The first-order valence-corrected chi connectivity index (χ1v) is 6.75. The van der Waals surface area contributed by atoms with Gasteiger partial charge in [0.05, 0.1) is 6.07 Å². The van der Waals surface area contributed by atoms with Crippen LogP contribution in [0.3, 0.4) is 0 Å². The number of hydrogen-bond acceptors (Lipinski definition) is 2. The quantitative estimate of drug-likeness (QED) is 0.781. The largest absolute Gasteiger partial charge is 0.292 e. The second kappa shape index (κ2) is 6.16. The molecule has 2 aromatic rings. The molecule has 0 aliphatic rings. The molecule has 0 spiro atoms. The fraction of sp³-hybridized carbons (Fsp3) is 0.222. The van der Waals surface area contributed by atoms with E-state index in [4.69, 9.17) is 0 Å². The first-order chi connectivity index (χ1) is 9.65. The Balaban J connectivity index is 2.31. The predicted molar refractivity (Wildman–Crippen MR) is 79.7 cm³/mol. The summed E-state index contributed by atoms with van der Waals surface area (Å²) in [6, 6.07) is 17.2. The van der Waals surface area contributed by atoms with Crippen molar-refractivity contribution < 1.29 is 4.79 Å². The highest BCUT2D eigenvalue weighted by Crippen LogP contribution is 2.21. The van der Waals surface area contributed by atoms with E-state index in [1.165, 1.54) is 5.56 Å². The van der Waals surface area contributed by atoms with Crippen LogP contribution < -0.4 is 0 Å². The van der Waals surface area contributed by atoms with Gasteiger partial charge < -0.3 is 0 Å². The van der Waals surface area contributed by atoms with Crippen LogP contribution >= 0.6 is 0 Å². The van der Waals surface area contributed by atoms with E-state index < -0.39 is 5.92 Å². The lowest BCUT2D eigenvalue weighted by Gasteiger charge is -2.10. The molecule has 0 aliphatic carbocycles. The molecular formula is C18H17NO. The van der Waals surface area contributed by atoms with Crippen molar-refractivity contribution in [3.05, 3.63) is 70.8 Å². The summed E-state index contributed by atoms with van der Waals surface area (Å²) >= 11 is 0. The van der Waals surface area contributed by atoms with Crippen molar-refractivity contribution in [2.45, 2.75) is 26.2 Å². The number of nitriles is 1. The zero-order chi connectivity index (χ0) is 14.5. The van der Waals surface area contributed by atoms with Crippen molar-refractivity contribution >= 4 is 5.78 Å². The van der Waals surface area contributed by atoms with E-state index in [2.05, 4.69) is 13.0 Å². The Bertz CT molecular complexity index is 650. The minimum absolute atomic E-state index is 0.138. The Labute approximate surface area is 119 Å². The highest BCUT2D eigenvalue weighted by Gasteiger charge is 2.21. The van der Waals surface area contributed by atoms with Gasteiger partial charge >= 0.3 is 0 Å². The number of Topliss-reactive ketones (excluding diaryl/α,β-unsaturated/α-hetero) is 1. The van der Waals surface area contributed by atoms with Crippen molar-refractivity contribution in [2.24, 2.45) is 0 Å². The van der Waals surface area contributed by atoms with Crippen molar-refractivity contribution in [1.29, 1.82) is 5.26 Å². The maximum Gasteiger partial charge on any atom is 0.184 e. The molecule has 0 heterocycles. The number of aryl methyl sites for hydroxylation is 2. The summed E-state index contributed by atoms with van der Waals surface area (Å²) < 4.78 is 0. The Morgan fingerprint density at radius 2 is 1.90 bits per heavy atom. The van der Waals surface area contributed by atoms with E-state index in [9.17, 15) is 10.1 Å². The third-order valence-corrected chi connectivity index (χ3v) is 3.41. The van der Waals surface area contributed by atoms with Crippen LogP contribution in [-0.2, 0) is 6.42 Å².